The van der Waals surface area contributed by atoms with Crippen LogP contribution < -0.4 is 11.1 Å². The molecule has 0 aromatic heterocycles. The number of nitrogens with zero attached hydrogens (tertiary/aromatic N) is 1. The third-order valence-electron chi connectivity index (χ3n) is 0.786. The highest BCUT2D eigenvalue weighted by Crippen LogP contribution is 1.84. The minimum Gasteiger partial charge on any atom is -0.370 e. The first-order chi connectivity index (χ1) is 4.70. The lowest BCUT2D eigenvalue weighted by Gasteiger charge is -2.05. The first kappa shape index (κ1) is 6.39. The van der Waals surface area contributed by atoms with E-state index in [9.17, 15) is 0 Å². The average molecular weight is 128 g/mol. The SMILES string of the molecule is [2H]CC([CH])CNC(N)=NC. The number of aliphatic imine (C=N–C) groups is 1. The predicted molar refractivity (Wildman–Crippen MR) is 39.0 cm³/mol. The topological polar surface area (TPSA) is 50.4 Å². The molecule has 0 aliphatic rings. The van der Waals surface area contributed by atoms with Gasteiger partial charge in [-0.1, -0.05) is 6.90 Å². The zero-order valence-corrected chi connectivity index (χ0v) is 5.59. The van der Waals surface area contributed by atoms with Gasteiger partial charge in [0.15, 0.2) is 5.96 Å². The summed E-state index contributed by atoms with van der Waals surface area (Å²) in [5, 5.41) is 2.77. The summed E-state index contributed by atoms with van der Waals surface area (Å²) in [7, 11) is 1.59. The van der Waals surface area contributed by atoms with Crippen LogP contribution in [0, 0.1) is 12.8 Å². The first-order valence-corrected chi connectivity index (χ1v) is 2.71. The Kier molecular flexibility index (Phi) is 2.97. The van der Waals surface area contributed by atoms with Crippen LogP contribution >= 0.6 is 0 Å². The number of rotatable bonds is 2. The van der Waals surface area contributed by atoms with Crippen LogP contribution in [0.3, 0.4) is 0 Å². The minimum absolute atomic E-state index is 0.166. The fraction of sp³-hybridized carbons (Fsp3) is 0.667. The molecule has 0 spiro atoms. The van der Waals surface area contributed by atoms with E-state index in [-0.39, 0.29) is 12.8 Å². The van der Waals surface area contributed by atoms with Crippen molar-refractivity contribution in [3.63, 3.8) is 0 Å². The van der Waals surface area contributed by atoms with Gasteiger partial charge in [-0.15, -0.1) is 0 Å². The molecule has 0 rings (SSSR count). The molecule has 0 aromatic carbocycles. The van der Waals surface area contributed by atoms with E-state index in [1.54, 1.807) is 7.05 Å². The van der Waals surface area contributed by atoms with Crippen LogP contribution in [0.4, 0.5) is 0 Å². The summed E-state index contributed by atoms with van der Waals surface area (Å²) >= 11 is 0. The Balaban J connectivity index is 3.35. The standard InChI is InChI=1S/C6H13N3/c1-5(2)4-9-6(7)8-3/h1,5H,4H2,2-3H3,(H3,7,8,9)/i2D. The highest BCUT2D eigenvalue weighted by atomic mass is 15.1. The summed E-state index contributed by atoms with van der Waals surface area (Å²) in [5.74, 6) is 0.198. The highest BCUT2D eigenvalue weighted by Gasteiger charge is 1.92. The Bertz CT molecular complexity index is 114. The maximum absolute atomic E-state index is 6.86. The van der Waals surface area contributed by atoms with Crippen molar-refractivity contribution in [2.45, 2.75) is 6.90 Å². The molecule has 3 nitrogen and oxygen atoms in total. The molecule has 2 radical (unpaired) electrons. The Labute approximate surface area is 57.8 Å². The largest absolute Gasteiger partial charge is 0.370 e. The van der Waals surface area contributed by atoms with Crippen LogP contribution in [0.2, 0.25) is 0 Å². The van der Waals surface area contributed by atoms with Gasteiger partial charge in [0.2, 0.25) is 0 Å². The minimum atomic E-state index is -0.166. The van der Waals surface area contributed by atoms with Gasteiger partial charge in [0.05, 0.1) is 0 Å². The molecule has 0 saturated carbocycles. The van der Waals surface area contributed by atoms with Crippen molar-refractivity contribution in [2.24, 2.45) is 16.6 Å². The zero-order valence-electron chi connectivity index (χ0n) is 6.59. The van der Waals surface area contributed by atoms with Gasteiger partial charge >= 0.3 is 0 Å². The smallest absolute Gasteiger partial charge is 0.188 e. The average Bonchev–Trinajstić information content (AvgIpc) is 1.99. The van der Waals surface area contributed by atoms with Crippen molar-refractivity contribution in [3.05, 3.63) is 6.92 Å². The molecule has 0 saturated heterocycles. The molecular weight excluding hydrogens is 114 g/mol. The Morgan fingerprint density at radius 1 is 2.11 bits per heavy atom. The molecule has 0 amide bonds. The van der Waals surface area contributed by atoms with Crippen LogP contribution in [-0.4, -0.2) is 19.6 Å². The lowest BCUT2D eigenvalue weighted by atomic mass is 10.2. The van der Waals surface area contributed by atoms with Crippen LogP contribution in [0.15, 0.2) is 4.99 Å². The Hall–Kier alpha value is -0.730. The first-order valence-electron chi connectivity index (χ1n) is 3.42. The normalized spacial score (nSPS) is 16.7. The second-order valence-corrected chi connectivity index (χ2v) is 1.75. The molecule has 3 N–H and O–H groups in total. The van der Waals surface area contributed by atoms with Crippen LogP contribution in [0.25, 0.3) is 0 Å². The van der Waals surface area contributed by atoms with Crippen molar-refractivity contribution in [1.82, 2.24) is 5.32 Å². The van der Waals surface area contributed by atoms with Crippen molar-refractivity contribution in [2.75, 3.05) is 13.6 Å². The monoisotopic (exact) mass is 128 g/mol. The van der Waals surface area contributed by atoms with Gasteiger partial charge in [-0.2, -0.15) is 0 Å². The second-order valence-electron chi connectivity index (χ2n) is 1.75. The van der Waals surface area contributed by atoms with E-state index in [0.717, 1.165) is 0 Å². The van der Waals surface area contributed by atoms with E-state index in [1.165, 1.54) is 0 Å². The lowest BCUT2D eigenvalue weighted by molar-refractivity contribution is 0.682. The molecule has 1 unspecified atom stereocenters. The van der Waals surface area contributed by atoms with E-state index in [0.29, 0.717) is 12.5 Å². The van der Waals surface area contributed by atoms with E-state index in [4.69, 9.17) is 14.0 Å². The maximum atomic E-state index is 6.86. The number of hydrogen-bond acceptors (Lipinski definition) is 1. The van der Waals surface area contributed by atoms with E-state index in [2.05, 4.69) is 10.3 Å². The van der Waals surface area contributed by atoms with Crippen molar-refractivity contribution in [3.8, 4) is 0 Å². The molecule has 0 fully saturated rings. The van der Waals surface area contributed by atoms with Crippen molar-refractivity contribution >= 4 is 5.96 Å². The van der Waals surface area contributed by atoms with Gasteiger partial charge < -0.3 is 11.1 Å². The number of hydrogen-bond donors (Lipinski definition) is 2. The number of nitrogens with one attached hydrogen (secondary N) is 1. The van der Waals surface area contributed by atoms with Crippen molar-refractivity contribution < 1.29 is 1.37 Å². The molecule has 3 heteroatoms. The Morgan fingerprint density at radius 2 is 2.78 bits per heavy atom. The molecule has 0 aromatic rings. The molecule has 52 valence electrons. The fourth-order valence-electron chi connectivity index (χ4n) is 0.315. The third kappa shape index (κ3) is 5.14. The van der Waals surface area contributed by atoms with Gasteiger partial charge in [0, 0.05) is 15.0 Å². The van der Waals surface area contributed by atoms with Crippen molar-refractivity contribution in [1.29, 1.82) is 0 Å². The predicted octanol–water partition coefficient (Wildman–Crippen LogP) is -0.132. The maximum Gasteiger partial charge on any atom is 0.188 e. The van der Waals surface area contributed by atoms with E-state index >= 15 is 0 Å². The summed E-state index contributed by atoms with van der Waals surface area (Å²) < 4.78 is 6.86. The van der Waals surface area contributed by atoms with Crippen LogP contribution in [-0.2, 0) is 0 Å². The van der Waals surface area contributed by atoms with Gasteiger partial charge in [-0.25, -0.2) is 0 Å². The highest BCUT2D eigenvalue weighted by molar-refractivity contribution is 5.77. The number of nitrogens with two attached hydrogens (primary N) is 1. The summed E-state index contributed by atoms with van der Waals surface area (Å²) in [5.41, 5.74) is 5.30. The number of guanidine groups is 1. The molecule has 9 heavy (non-hydrogen) atoms. The fourth-order valence-corrected chi connectivity index (χ4v) is 0.315. The summed E-state index contributed by atoms with van der Waals surface area (Å²) in [6.45, 7) is 6.12. The summed E-state index contributed by atoms with van der Waals surface area (Å²) in [4.78, 5) is 3.66. The van der Waals surface area contributed by atoms with Gasteiger partial charge in [0.25, 0.3) is 0 Å². The molecule has 0 aliphatic heterocycles. The van der Waals surface area contributed by atoms with Gasteiger partial charge in [0.1, 0.15) is 0 Å². The Morgan fingerprint density at radius 3 is 3.22 bits per heavy atom. The van der Waals surface area contributed by atoms with E-state index in [1.807, 2.05) is 0 Å². The third-order valence-corrected chi connectivity index (χ3v) is 0.786. The lowest BCUT2D eigenvalue weighted by Crippen LogP contribution is -2.34. The second kappa shape index (κ2) is 4.18. The quantitative estimate of drug-likeness (QED) is 0.402. The molecule has 0 heterocycles. The molecular formula is C6H13N3. The summed E-state index contributed by atoms with van der Waals surface area (Å²) in [6, 6.07) is 0. The van der Waals surface area contributed by atoms with Crippen LogP contribution in [0.5, 0.6) is 0 Å². The zero-order chi connectivity index (χ0) is 7.98. The molecule has 0 bridgehead atoms. The van der Waals surface area contributed by atoms with Gasteiger partial charge in [-0.3, -0.25) is 4.99 Å². The van der Waals surface area contributed by atoms with E-state index < -0.39 is 0 Å². The van der Waals surface area contributed by atoms with Gasteiger partial charge in [-0.05, 0) is 12.8 Å². The molecule has 1 atom stereocenters. The van der Waals surface area contributed by atoms with Crippen LogP contribution in [0.1, 0.15) is 8.27 Å². The molecule has 0 aliphatic carbocycles. The summed E-state index contributed by atoms with van der Waals surface area (Å²) in [6.07, 6.45) is 0.